The molecule has 0 aromatic heterocycles. The van der Waals surface area contributed by atoms with Crippen molar-refractivity contribution in [3.63, 3.8) is 0 Å². The van der Waals surface area contributed by atoms with Crippen molar-refractivity contribution in [1.29, 1.82) is 0 Å². The van der Waals surface area contributed by atoms with E-state index in [1.165, 1.54) is 0 Å². The van der Waals surface area contributed by atoms with Crippen LogP contribution < -0.4 is 4.74 Å². The molecule has 0 saturated carbocycles. The Kier molecular flexibility index (Phi) is 3.80. The number of benzene rings is 2. The number of phenolic OH excluding ortho intramolecular Hbond substituents is 2. The van der Waals surface area contributed by atoms with Crippen LogP contribution in [0.5, 0.6) is 17.2 Å². The molecule has 2 aromatic rings. The lowest BCUT2D eigenvalue weighted by Gasteiger charge is -2.25. The molecule has 2 N–H and O–H groups in total. The van der Waals surface area contributed by atoms with Gasteiger partial charge in [0.25, 0.3) is 0 Å². The molecule has 0 fully saturated rings. The van der Waals surface area contributed by atoms with Crippen LogP contribution in [0.2, 0.25) is 0 Å². The summed E-state index contributed by atoms with van der Waals surface area (Å²) in [6.07, 6.45) is 1.53. The first kappa shape index (κ1) is 14.5. The third kappa shape index (κ3) is 2.67. The molecule has 0 bridgehead atoms. The molecule has 0 atom stereocenters. The van der Waals surface area contributed by atoms with Gasteiger partial charge in [-0.15, -0.1) is 0 Å². The third-order valence-corrected chi connectivity index (χ3v) is 3.12. The topological polar surface area (TPSA) is 49.7 Å². The van der Waals surface area contributed by atoms with Crippen molar-refractivity contribution in [2.45, 2.75) is 46.1 Å². The molecule has 108 valence electrons. The molecular weight excluding hydrogens is 252 g/mol. The Morgan fingerprint density at radius 3 is 2.05 bits per heavy atom. The Labute approximate surface area is 119 Å². The van der Waals surface area contributed by atoms with E-state index in [1.54, 1.807) is 6.07 Å². The fourth-order valence-corrected chi connectivity index (χ4v) is 2.33. The quantitative estimate of drug-likeness (QED) is 0.816. The maximum absolute atomic E-state index is 10.5. The van der Waals surface area contributed by atoms with Gasteiger partial charge in [-0.2, -0.15) is 0 Å². The minimum atomic E-state index is -0.436. The summed E-state index contributed by atoms with van der Waals surface area (Å²) < 4.78 is 5.90. The zero-order chi connectivity index (χ0) is 14.9. The van der Waals surface area contributed by atoms with Crippen LogP contribution in [0.15, 0.2) is 24.3 Å². The van der Waals surface area contributed by atoms with Crippen molar-refractivity contribution in [2.75, 3.05) is 0 Å². The molecular formula is C17H22O3. The number of fused-ring (bicyclic) bond motifs is 1. The SMILES string of the molecule is CCCc1c(OC(C)(C)C)c(O)c2ccccc2c1O. The Morgan fingerprint density at radius 2 is 1.55 bits per heavy atom. The second kappa shape index (κ2) is 5.23. The summed E-state index contributed by atoms with van der Waals surface area (Å²) in [5, 5.41) is 22.3. The number of hydrogen-bond acceptors (Lipinski definition) is 3. The van der Waals surface area contributed by atoms with E-state index in [1.807, 2.05) is 45.9 Å². The molecule has 2 rings (SSSR count). The predicted molar refractivity (Wildman–Crippen MR) is 81.7 cm³/mol. The van der Waals surface area contributed by atoms with E-state index in [0.29, 0.717) is 28.5 Å². The molecule has 0 spiro atoms. The second-order valence-corrected chi connectivity index (χ2v) is 6.01. The molecule has 0 amide bonds. The lowest BCUT2D eigenvalue weighted by molar-refractivity contribution is 0.124. The molecule has 0 heterocycles. The van der Waals surface area contributed by atoms with Gasteiger partial charge in [0.15, 0.2) is 11.5 Å². The van der Waals surface area contributed by atoms with Gasteiger partial charge < -0.3 is 14.9 Å². The Morgan fingerprint density at radius 1 is 1.00 bits per heavy atom. The molecule has 2 aromatic carbocycles. The molecule has 0 aliphatic heterocycles. The fourth-order valence-electron chi connectivity index (χ4n) is 2.33. The van der Waals surface area contributed by atoms with Crippen LogP contribution in [-0.4, -0.2) is 15.8 Å². The summed E-state index contributed by atoms with van der Waals surface area (Å²) >= 11 is 0. The first-order valence-electron chi connectivity index (χ1n) is 6.99. The maximum Gasteiger partial charge on any atom is 0.169 e. The van der Waals surface area contributed by atoms with Gasteiger partial charge >= 0.3 is 0 Å². The minimum Gasteiger partial charge on any atom is -0.507 e. The molecule has 0 saturated heterocycles. The summed E-state index contributed by atoms with van der Waals surface area (Å²) in [7, 11) is 0. The number of hydrogen-bond donors (Lipinski definition) is 2. The smallest absolute Gasteiger partial charge is 0.169 e. The summed E-state index contributed by atoms with van der Waals surface area (Å²) in [5.41, 5.74) is 0.244. The Bertz CT molecular complexity index is 624. The number of phenols is 2. The second-order valence-electron chi connectivity index (χ2n) is 6.01. The first-order valence-corrected chi connectivity index (χ1v) is 6.99. The molecule has 0 aliphatic carbocycles. The van der Waals surface area contributed by atoms with Crippen molar-refractivity contribution in [3.8, 4) is 17.2 Å². The predicted octanol–water partition coefficient (Wildman–Crippen LogP) is 4.38. The van der Waals surface area contributed by atoms with Crippen LogP contribution in [0, 0.1) is 0 Å². The van der Waals surface area contributed by atoms with Crippen molar-refractivity contribution in [1.82, 2.24) is 0 Å². The maximum atomic E-state index is 10.5. The number of ether oxygens (including phenoxy) is 1. The van der Waals surface area contributed by atoms with E-state index < -0.39 is 5.60 Å². The van der Waals surface area contributed by atoms with Gasteiger partial charge in [0.2, 0.25) is 0 Å². The Hall–Kier alpha value is -1.90. The molecule has 0 radical (unpaired) electrons. The van der Waals surface area contributed by atoms with Gasteiger partial charge in [-0.3, -0.25) is 0 Å². The summed E-state index contributed by atoms with van der Waals surface area (Å²) in [4.78, 5) is 0. The average Bonchev–Trinajstić information content (AvgIpc) is 2.39. The molecule has 0 unspecified atom stereocenters. The van der Waals surface area contributed by atoms with E-state index >= 15 is 0 Å². The van der Waals surface area contributed by atoms with Gasteiger partial charge in [0.05, 0.1) is 0 Å². The van der Waals surface area contributed by atoms with Crippen LogP contribution in [0.4, 0.5) is 0 Å². The molecule has 20 heavy (non-hydrogen) atoms. The van der Waals surface area contributed by atoms with Gasteiger partial charge in [-0.1, -0.05) is 37.6 Å². The molecule has 0 aliphatic rings. The highest BCUT2D eigenvalue weighted by Crippen LogP contribution is 2.46. The van der Waals surface area contributed by atoms with E-state index in [4.69, 9.17) is 4.74 Å². The first-order chi connectivity index (χ1) is 9.35. The normalized spacial score (nSPS) is 11.8. The van der Waals surface area contributed by atoms with Crippen LogP contribution in [-0.2, 0) is 6.42 Å². The largest absolute Gasteiger partial charge is 0.507 e. The van der Waals surface area contributed by atoms with Gasteiger partial charge in [-0.25, -0.2) is 0 Å². The monoisotopic (exact) mass is 274 g/mol. The van der Waals surface area contributed by atoms with Crippen LogP contribution in [0.1, 0.15) is 39.7 Å². The zero-order valence-corrected chi connectivity index (χ0v) is 12.5. The summed E-state index contributed by atoms with van der Waals surface area (Å²) in [6.45, 7) is 7.81. The van der Waals surface area contributed by atoms with E-state index in [2.05, 4.69) is 0 Å². The zero-order valence-electron chi connectivity index (χ0n) is 12.5. The minimum absolute atomic E-state index is 0.108. The van der Waals surface area contributed by atoms with Gasteiger partial charge in [-0.05, 0) is 27.2 Å². The van der Waals surface area contributed by atoms with Crippen molar-refractivity contribution >= 4 is 10.8 Å². The van der Waals surface area contributed by atoms with Gasteiger partial charge in [0, 0.05) is 16.3 Å². The average molecular weight is 274 g/mol. The fraction of sp³-hybridized carbons (Fsp3) is 0.412. The van der Waals surface area contributed by atoms with Crippen molar-refractivity contribution < 1.29 is 14.9 Å². The molecule has 3 nitrogen and oxygen atoms in total. The van der Waals surface area contributed by atoms with Crippen LogP contribution >= 0.6 is 0 Å². The summed E-state index contributed by atoms with van der Waals surface area (Å²) in [5.74, 6) is 0.715. The number of aromatic hydroxyl groups is 2. The third-order valence-electron chi connectivity index (χ3n) is 3.12. The van der Waals surface area contributed by atoms with E-state index in [0.717, 1.165) is 6.42 Å². The highest BCUT2D eigenvalue weighted by atomic mass is 16.5. The van der Waals surface area contributed by atoms with Crippen molar-refractivity contribution in [3.05, 3.63) is 29.8 Å². The van der Waals surface area contributed by atoms with E-state index in [-0.39, 0.29) is 11.5 Å². The summed E-state index contributed by atoms with van der Waals surface area (Å²) in [6, 6.07) is 7.28. The number of rotatable bonds is 3. The Balaban J connectivity index is 2.75. The molecule has 3 heteroatoms. The highest BCUT2D eigenvalue weighted by Gasteiger charge is 2.23. The van der Waals surface area contributed by atoms with Crippen LogP contribution in [0.25, 0.3) is 10.8 Å². The van der Waals surface area contributed by atoms with Crippen molar-refractivity contribution in [2.24, 2.45) is 0 Å². The lowest BCUT2D eigenvalue weighted by Crippen LogP contribution is -2.23. The standard InChI is InChI=1S/C17H22O3/c1-5-8-13-14(18)11-9-6-7-10-12(11)15(19)16(13)20-17(2,3)4/h6-7,9-10,18-19H,5,8H2,1-4H3. The van der Waals surface area contributed by atoms with Gasteiger partial charge in [0.1, 0.15) is 11.4 Å². The highest BCUT2D eigenvalue weighted by molar-refractivity contribution is 5.96. The van der Waals surface area contributed by atoms with E-state index in [9.17, 15) is 10.2 Å². The van der Waals surface area contributed by atoms with Crippen LogP contribution in [0.3, 0.4) is 0 Å². The lowest BCUT2D eigenvalue weighted by atomic mass is 9.99.